The molecule has 0 saturated heterocycles. The first kappa shape index (κ1) is 17.2. The summed E-state index contributed by atoms with van der Waals surface area (Å²) in [5.74, 6) is 0.0105. The molecule has 3 heteroatoms. The van der Waals surface area contributed by atoms with Crippen molar-refractivity contribution < 1.29 is 4.79 Å². The Balaban J connectivity index is 1.88. The number of halogens is 1. The first-order valence-electron chi connectivity index (χ1n) is 8.19. The molecule has 0 fully saturated rings. The number of ketones is 1. The van der Waals surface area contributed by atoms with Gasteiger partial charge in [-0.25, -0.2) is 0 Å². The van der Waals surface area contributed by atoms with Crippen LogP contribution in [0.2, 0.25) is 5.02 Å². The predicted octanol–water partition coefficient (Wildman–Crippen LogP) is 5.95. The summed E-state index contributed by atoms with van der Waals surface area (Å²) in [7, 11) is 0. The molecular formula is C22H20ClNO. The number of aryl methyl sites for hydroxylation is 2. The summed E-state index contributed by atoms with van der Waals surface area (Å²) in [5.41, 5.74) is 6.15. The van der Waals surface area contributed by atoms with E-state index in [2.05, 4.69) is 24.5 Å². The van der Waals surface area contributed by atoms with Gasteiger partial charge in [0.1, 0.15) is 0 Å². The normalized spacial score (nSPS) is 11.2. The Bertz CT molecular complexity index is 931. The number of carbonyl (C=O) groups excluding carboxylic acids is 1. The average molecular weight is 350 g/mol. The fourth-order valence-corrected chi connectivity index (χ4v) is 3.05. The molecule has 126 valence electrons. The van der Waals surface area contributed by atoms with Crippen molar-refractivity contribution in [2.75, 3.05) is 0 Å². The highest BCUT2D eigenvalue weighted by atomic mass is 35.5. The van der Waals surface area contributed by atoms with Crippen LogP contribution >= 0.6 is 11.6 Å². The molecule has 0 atom stereocenters. The molecule has 0 aliphatic carbocycles. The van der Waals surface area contributed by atoms with Gasteiger partial charge in [0, 0.05) is 27.7 Å². The van der Waals surface area contributed by atoms with Gasteiger partial charge in [0.2, 0.25) is 0 Å². The van der Waals surface area contributed by atoms with Crippen molar-refractivity contribution in [2.45, 2.75) is 20.8 Å². The molecule has 3 aromatic rings. The molecule has 3 rings (SSSR count). The molecule has 1 aromatic heterocycles. The van der Waals surface area contributed by atoms with Gasteiger partial charge < -0.3 is 4.57 Å². The van der Waals surface area contributed by atoms with Gasteiger partial charge in [0.05, 0.1) is 0 Å². The van der Waals surface area contributed by atoms with Gasteiger partial charge in [-0.3, -0.25) is 4.79 Å². The van der Waals surface area contributed by atoms with Crippen LogP contribution in [0.5, 0.6) is 0 Å². The van der Waals surface area contributed by atoms with Gasteiger partial charge in [0.15, 0.2) is 5.78 Å². The third-order valence-electron chi connectivity index (χ3n) is 4.31. The summed E-state index contributed by atoms with van der Waals surface area (Å²) in [5, 5.41) is 0.718. The zero-order chi connectivity index (χ0) is 18.0. The smallest absolute Gasteiger partial charge is 0.185 e. The first-order chi connectivity index (χ1) is 12.0. The van der Waals surface area contributed by atoms with Crippen molar-refractivity contribution in [3.05, 3.63) is 93.8 Å². The summed E-state index contributed by atoms with van der Waals surface area (Å²) in [4.78, 5) is 12.3. The third-order valence-corrected chi connectivity index (χ3v) is 4.56. The summed E-state index contributed by atoms with van der Waals surface area (Å²) in [6.07, 6.45) is 3.52. The van der Waals surface area contributed by atoms with E-state index in [1.807, 2.05) is 61.5 Å². The van der Waals surface area contributed by atoms with E-state index in [0.29, 0.717) is 5.56 Å². The minimum Gasteiger partial charge on any atom is -0.318 e. The second-order valence-electron chi connectivity index (χ2n) is 6.20. The quantitative estimate of drug-likeness (QED) is 0.421. The number of hydrogen-bond acceptors (Lipinski definition) is 1. The number of rotatable bonds is 4. The molecule has 0 unspecified atom stereocenters. The highest BCUT2D eigenvalue weighted by Crippen LogP contribution is 2.23. The van der Waals surface area contributed by atoms with E-state index in [0.717, 1.165) is 33.2 Å². The molecule has 0 bridgehead atoms. The molecular weight excluding hydrogens is 330 g/mol. The van der Waals surface area contributed by atoms with Gasteiger partial charge in [-0.1, -0.05) is 41.4 Å². The van der Waals surface area contributed by atoms with Crippen molar-refractivity contribution in [2.24, 2.45) is 0 Å². The van der Waals surface area contributed by atoms with Crippen molar-refractivity contribution >= 4 is 23.5 Å². The third kappa shape index (κ3) is 3.75. The van der Waals surface area contributed by atoms with Gasteiger partial charge >= 0.3 is 0 Å². The van der Waals surface area contributed by atoms with Crippen molar-refractivity contribution in [3.8, 4) is 5.69 Å². The molecule has 0 N–H and O–H groups in total. The fourth-order valence-electron chi connectivity index (χ4n) is 2.92. The number of benzene rings is 2. The molecule has 1 heterocycles. The minimum atomic E-state index is 0.0105. The zero-order valence-electron chi connectivity index (χ0n) is 14.6. The highest BCUT2D eigenvalue weighted by molar-refractivity contribution is 6.30. The van der Waals surface area contributed by atoms with Crippen LogP contribution < -0.4 is 0 Å². The topological polar surface area (TPSA) is 22.0 Å². The standard InChI is InChI=1S/C22H20ClNO/c1-15-4-6-18(7-5-15)22(25)13-8-19-14-16(2)24(17(19)3)21-11-9-20(23)10-12-21/h4-14H,1-3H3/b13-8+. The largest absolute Gasteiger partial charge is 0.318 e. The van der Waals surface area contributed by atoms with Crippen LogP contribution in [0.1, 0.15) is 32.9 Å². The Labute approximate surface area is 153 Å². The lowest BCUT2D eigenvalue weighted by molar-refractivity contribution is 0.104. The lowest BCUT2D eigenvalue weighted by Gasteiger charge is -2.09. The lowest BCUT2D eigenvalue weighted by Crippen LogP contribution is -1.98. The van der Waals surface area contributed by atoms with Crippen LogP contribution in [0.3, 0.4) is 0 Å². The van der Waals surface area contributed by atoms with Crippen LogP contribution in [-0.4, -0.2) is 10.4 Å². The van der Waals surface area contributed by atoms with Gasteiger partial charge in [-0.2, -0.15) is 0 Å². The second kappa shape index (κ2) is 7.12. The monoisotopic (exact) mass is 349 g/mol. The van der Waals surface area contributed by atoms with E-state index >= 15 is 0 Å². The number of hydrogen-bond donors (Lipinski definition) is 0. The minimum absolute atomic E-state index is 0.0105. The van der Waals surface area contributed by atoms with Crippen LogP contribution in [0, 0.1) is 20.8 Å². The van der Waals surface area contributed by atoms with Crippen LogP contribution in [0.15, 0.2) is 60.7 Å². The Morgan fingerprint density at radius 1 is 0.960 bits per heavy atom. The SMILES string of the molecule is Cc1ccc(C(=O)/C=C/c2cc(C)n(-c3ccc(Cl)cc3)c2C)cc1. The van der Waals surface area contributed by atoms with Crippen molar-refractivity contribution in [1.82, 2.24) is 4.57 Å². The van der Waals surface area contributed by atoms with E-state index in [9.17, 15) is 4.79 Å². The summed E-state index contributed by atoms with van der Waals surface area (Å²) < 4.78 is 2.16. The molecule has 0 aliphatic heterocycles. The van der Waals surface area contributed by atoms with Crippen molar-refractivity contribution in [1.29, 1.82) is 0 Å². The first-order valence-corrected chi connectivity index (χ1v) is 8.57. The molecule has 25 heavy (non-hydrogen) atoms. The number of nitrogens with zero attached hydrogens (tertiary/aromatic N) is 1. The lowest BCUT2D eigenvalue weighted by atomic mass is 10.1. The summed E-state index contributed by atoms with van der Waals surface area (Å²) in [6, 6.07) is 17.5. The van der Waals surface area contributed by atoms with E-state index in [1.165, 1.54) is 0 Å². The maximum atomic E-state index is 12.3. The van der Waals surface area contributed by atoms with E-state index < -0.39 is 0 Å². The molecule has 0 saturated carbocycles. The van der Waals surface area contributed by atoms with E-state index in [4.69, 9.17) is 11.6 Å². The van der Waals surface area contributed by atoms with Crippen molar-refractivity contribution in [3.63, 3.8) is 0 Å². The Hall–Kier alpha value is -2.58. The number of allylic oxidation sites excluding steroid dienone is 1. The van der Waals surface area contributed by atoms with Gasteiger partial charge in [-0.15, -0.1) is 0 Å². The second-order valence-corrected chi connectivity index (χ2v) is 6.64. The van der Waals surface area contributed by atoms with Gasteiger partial charge in [-0.05, 0) is 68.8 Å². The molecule has 2 nitrogen and oxygen atoms in total. The van der Waals surface area contributed by atoms with E-state index in [1.54, 1.807) is 6.08 Å². The van der Waals surface area contributed by atoms with Gasteiger partial charge in [0.25, 0.3) is 0 Å². The maximum absolute atomic E-state index is 12.3. The maximum Gasteiger partial charge on any atom is 0.185 e. The van der Waals surface area contributed by atoms with Crippen LogP contribution in [-0.2, 0) is 0 Å². The molecule has 0 spiro atoms. The summed E-state index contributed by atoms with van der Waals surface area (Å²) in [6.45, 7) is 6.12. The van der Waals surface area contributed by atoms with Crippen LogP contribution in [0.25, 0.3) is 11.8 Å². The number of aromatic nitrogens is 1. The van der Waals surface area contributed by atoms with E-state index in [-0.39, 0.29) is 5.78 Å². The number of carbonyl (C=O) groups is 1. The molecule has 0 aliphatic rings. The Kier molecular flexibility index (Phi) is 4.91. The Morgan fingerprint density at radius 3 is 2.24 bits per heavy atom. The highest BCUT2D eigenvalue weighted by Gasteiger charge is 2.09. The molecule has 0 radical (unpaired) electrons. The van der Waals surface area contributed by atoms with Crippen LogP contribution in [0.4, 0.5) is 0 Å². The fraction of sp³-hybridized carbons (Fsp3) is 0.136. The molecule has 2 aromatic carbocycles. The summed E-state index contributed by atoms with van der Waals surface area (Å²) >= 11 is 5.98. The zero-order valence-corrected chi connectivity index (χ0v) is 15.3. The molecule has 0 amide bonds. The average Bonchev–Trinajstić information content (AvgIpc) is 2.88. The predicted molar refractivity (Wildman–Crippen MR) is 105 cm³/mol. The Morgan fingerprint density at radius 2 is 1.60 bits per heavy atom.